The van der Waals surface area contributed by atoms with Gasteiger partial charge in [-0.2, -0.15) is 0 Å². The highest BCUT2D eigenvalue weighted by Gasteiger charge is 2.06. The smallest absolute Gasteiger partial charge is 0.417 e. The summed E-state index contributed by atoms with van der Waals surface area (Å²) in [6.45, 7) is -0.0933. The minimum atomic E-state index is -0.527. The molecule has 0 radical (unpaired) electrons. The lowest BCUT2D eigenvalue weighted by atomic mass is 10.3. The van der Waals surface area contributed by atoms with Crippen LogP contribution in [0.2, 0.25) is 0 Å². The average Bonchev–Trinajstić information content (AvgIpc) is 2.85. The first kappa shape index (κ1) is 13.0. The second kappa shape index (κ2) is 5.54. The van der Waals surface area contributed by atoms with E-state index in [0.29, 0.717) is 22.5 Å². The number of para-hydroxylation sites is 1. The van der Waals surface area contributed by atoms with E-state index in [0.717, 1.165) is 0 Å². The summed E-state index contributed by atoms with van der Waals surface area (Å²) in [4.78, 5) is 25.4. The molecule has 0 aliphatic heterocycles. The fourth-order valence-corrected chi connectivity index (χ4v) is 1.89. The van der Waals surface area contributed by atoms with Gasteiger partial charge < -0.3 is 14.5 Å². The lowest BCUT2D eigenvalue weighted by Gasteiger charge is -2.07. The zero-order valence-corrected chi connectivity index (χ0v) is 11.0. The monoisotopic (exact) mass is 284 g/mol. The minimum absolute atomic E-state index is 0.0933. The first-order chi connectivity index (χ1) is 10.2. The Kier molecular flexibility index (Phi) is 3.42. The molecule has 0 unspecified atom stereocenters. The number of oxazole rings is 1. The summed E-state index contributed by atoms with van der Waals surface area (Å²) in [5, 5.41) is 2.69. The third-order valence-electron chi connectivity index (χ3n) is 2.82. The van der Waals surface area contributed by atoms with Crippen LogP contribution in [0.3, 0.4) is 0 Å². The third kappa shape index (κ3) is 3.11. The van der Waals surface area contributed by atoms with Crippen LogP contribution < -0.4 is 15.8 Å². The number of H-pyrrole nitrogens is 1. The van der Waals surface area contributed by atoms with Crippen molar-refractivity contribution >= 4 is 22.7 Å². The van der Waals surface area contributed by atoms with Crippen LogP contribution in [0.1, 0.15) is 0 Å². The summed E-state index contributed by atoms with van der Waals surface area (Å²) >= 11 is 0. The molecule has 0 bridgehead atoms. The number of hydrogen-bond acceptors (Lipinski definition) is 4. The van der Waals surface area contributed by atoms with Gasteiger partial charge in [-0.15, -0.1) is 0 Å². The van der Waals surface area contributed by atoms with E-state index in [1.54, 1.807) is 30.3 Å². The van der Waals surface area contributed by atoms with Crippen molar-refractivity contribution in [1.82, 2.24) is 4.98 Å². The van der Waals surface area contributed by atoms with E-state index < -0.39 is 5.76 Å². The Morgan fingerprint density at radius 1 is 1.19 bits per heavy atom. The molecule has 21 heavy (non-hydrogen) atoms. The van der Waals surface area contributed by atoms with Crippen molar-refractivity contribution in [2.75, 3.05) is 11.9 Å². The van der Waals surface area contributed by atoms with E-state index in [1.807, 2.05) is 18.2 Å². The molecule has 2 N–H and O–H groups in total. The molecule has 0 aliphatic rings. The van der Waals surface area contributed by atoms with Crippen molar-refractivity contribution in [3.8, 4) is 5.75 Å². The lowest BCUT2D eigenvalue weighted by molar-refractivity contribution is -0.118. The number of aromatic amines is 1. The number of hydrogen-bond donors (Lipinski definition) is 2. The lowest BCUT2D eigenvalue weighted by Crippen LogP contribution is -2.20. The number of benzene rings is 2. The van der Waals surface area contributed by atoms with E-state index in [4.69, 9.17) is 9.15 Å². The van der Waals surface area contributed by atoms with Crippen LogP contribution >= 0.6 is 0 Å². The second-order valence-corrected chi connectivity index (χ2v) is 4.38. The van der Waals surface area contributed by atoms with Gasteiger partial charge in [-0.1, -0.05) is 18.2 Å². The Labute approximate surface area is 119 Å². The standard InChI is InChI=1S/C15H12N2O4/c18-14(9-20-11-4-2-1-3-5-11)16-10-6-7-13-12(8-10)17-15(19)21-13/h1-8H,9H2,(H,16,18)(H,17,19). The Balaban J connectivity index is 1.64. The van der Waals surface area contributed by atoms with E-state index in [2.05, 4.69) is 10.3 Å². The normalized spacial score (nSPS) is 10.5. The third-order valence-corrected chi connectivity index (χ3v) is 2.82. The molecule has 0 fully saturated rings. The van der Waals surface area contributed by atoms with Crippen molar-refractivity contribution in [2.45, 2.75) is 0 Å². The topological polar surface area (TPSA) is 84.3 Å². The van der Waals surface area contributed by atoms with E-state index in [1.165, 1.54) is 0 Å². The molecule has 3 rings (SSSR count). The van der Waals surface area contributed by atoms with Gasteiger partial charge in [0.05, 0.1) is 5.52 Å². The van der Waals surface area contributed by atoms with Gasteiger partial charge in [0, 0.05) is 5.69 Å². The van der Waals surface area contributed by atoms with Crippen LogP contribution in [0.4, 0.5) is 5.69 Å². The molecule has 1 heterocycles. The average molecular weight is 284 g/mol. The van der Waals surface area contributed by atoms with E-state index in [9.17, 15) is 9.59 Å². The highest BCUT2D eigenvalue weighted by molar-refractivity contribution is 5.93. The maximum Gasteiger partial charge on any atom is 0.417 e. The highest BCUT2D eigenvalue weighted by Crippen LogP contribution is 2.16. The van der Waals surface area contributed by atoms with E-state index >= 15 is 0 Å². The summed E-state index contributed by atoms with van der Waals surface area (Å²) in [5.74, 6) is -0.188. The summed E-state index contributed by atoms with van der Waals surface area (Å²) in [7, 11) is 0. The molecule has 0 atom stereocenters. The van der Waals surface area contributed by atoms with Crippen molar-refractivity contribution in [3.63, 3.8) is 0 Å². The molecule has 0 aliphatic carbocycles. The van der Waals surface area contributed by atoms with Crippen LogP contribution in [0, 0.1) is 0 Å². The van der Waals surface area contributed by atoms with Crippen molar-refractivity contribution in [3.05, 3.63) is 59.1 Å². The number of nitrogens with one attached hydrogen (secondary N) is 2. The van der Waals surface area contributed by atoms with Crippen LogP contribution in [-0.4, -0.2) is 17.5 Å². The van der Waals surface area contributed by atoms with Gasteiger partial charge in [0.25, 0.3) is 5.91 Å². The zero-order chi connectivity index (χ0) is 14.7. The Bertz CT molecular complexity index is 820. The van der Waals surface area contributed by atoms with Crippen molar-refractivity contribution in [2.24, 2.45) is 0 Å². The Morgan fingerprint density at radius 3 is 2.81 bits per heavy atom. The number of ether oxygens (including phenoxy) is 1. The number of amides is 1. The first-order valence-corrected chi connectivity index (χ1v) is 6.31. The summed E-state index contributed by atoms with van der Waals surface area (Å²) in [6.07, 6.45) is 0. The molecular formula is C15H12N2O4. The van der Waals surface area contributed by atoms with Crippen molar-refractivity contribution < 1.29 is 13.9 Å². The molecule has 3 aromatic rings. The maximum absolute atomic E-state index is 11.8. The van der Waals surface area contributed by atoms with Gasteiger partial charge >= 0.3 is 5.76 Å². The van der Waals surface area contributed by atoms with Crippen LogP contribution in [0.15, 0.2) is 57.7 Å². The number of anilines is 1. The molecule has 6 nitrogen and oxygen atoms in total. The molecule has 1 amide bonds. The Hall–Kier alpha value is -3.02. The SMILES string of the molecule is O=C(COc1ccccc1)Nc1ccc2oc(=O)[nH]c2c1. The second-order valence-electron chi connectivity index (χ2n) is 4.38. The first-order valence-electron chi connectivity index (χ1n) is 6.31. The summed E-state index contributed by atoms with van der Waals surface area (Å²) in [6, 6.07) is 14.0. The fraction of sp³-hybridized carbons (Fsp3) is 0.0667. The largest absolute Gasteiger partial charge is 0.484 e. The van der Waals surface area contributed by atoms with Gasteiger partial charge in [-0.05, 0) is 30.3 Å². The highest BCUT2D eigenvalue weighted by atomic mass is 16.5. The van der Waals surface area contributed by atoms with E-state index in [-0.39, 0.29) is 12.5 Å². The minimum Gasteiger partial charge on any atom is -0.484 e. The van der Waals surface area contributed by atoms with Gasteiger partial charge in [-0.3, -0.25) is 9.78 Å². The van der Waals surface area contributed by atoms with Crippen LogP contribution in [0.25, 0.3) is 11.1 Å². The van der Waals surface area contributed by atoms with Crippen molar-refractivity contribution in [1.29, 1.82) is 0 Å². The molecule has 1 aromatic heterocycles. The number of aromatic nitrogens is 1. The summed E-state index contributed by atoms with van der Waals surface area (Å²) < 4.78 is 10.2. The maximum atomic E-state index is 11.8. The number of carbonyl (C=O) groups is 1. The zero-order valence-electron chi connectivity index (χ0n) is 11.0. The Morgan fingerprint density at radius 2 is 2.00 bits per heavy atom. The van der Waals surface area contributed by atoms with Crippen LogP contribution in [0.5, 0.6) is 5.75 Å². The molecule has 6 heteroatoms. The molecule has 2 aromatic carbocycles. The molecular weight excluding hydrogens is 272 g/mol. The quantitative estimate of drug-likeness (QED) is 0.768. The predicted octanol–water partition coefficient (Wildman–Crippen LogP) is 2.14. The van der Waals surface area contributed by atoms with Gasteiger partial charge in [0.1, 0.15) is 5.75 Å². The van der Waals surface area contributed by atoms with Gasteiger partial charge in [0.2, 0.25) is 0 Å². The van der Waals surface area contributed by atoms with Crippen LogP contribution in [-0.2, 0) is 4.79 Å². The molecule has 106 valence electrons. The predicted molar refractivity (Wildman–Crippen MR) is 77.4 cm³/mol. The number of carbonyl (C=O) groups excluding carboxylic acids is 1. The van der Waals surface area contributed by atoms with Gasteiger partial charge in [-0.25, -0.2) is 4.79 Å². The summed E-state index contributed by atoms with van der Waals surface area (Å²) in [5.41, 5.74) is 1.53. The molecule has 0 spiro atoms. The molecule has 0 saturated heterocycles. The fourth-order valence-electron chi connectivity index (χ4n) is 1.89. The number of fused-ring (bicyclic) bond motifs is 1. The number of rotatable bonds is 4. The van der Waals surface area contributed by atoms with Gasteiger partial charge in [0.15, 0.2) is 12.2 Å². The molecule has 0 saturated carbocycles.